The largest absolute Gasteiger partial charge is 0.497 e. The number of methoxy groups -OCH3 is 1. The molecule has 0 bridgehead atoms. The summed E-state index contributed by atoms with van der Waals surface area (Å²) in [5, 5.41) is 6.82. The average Bonchev–Trinajstić information content (AvgIpc) is 3.28. The maximum atomic E-state index is 12.4. The number of oxazole rings is 1. The van der Waals surface area contributed by atoms with Gasteiger partial charge in [-0.1, -0.05) is 23.4 Å². The first-order chi connectivity index (χ1) is 13.1. The second-order valence-electron chi connectivity index (χ2n) is 6.03. The van der Waals surface area contributed by atoms with Gasteiger partial charge in [-0.05, 0) is 24.3 Å². The van der Waals surface area contributed by atoms with Crippen LogP contribution in [-0.2, 0) is 11.2 Å². The highest BCUT2D eigenvalue weighted by Crippen LogP contribution is 2.26. The number of para-hydroxylation sites is 1. The van der Waals surface area contributed by atoms with E-state index in [4.69, 9.17) is 13.7 Å². The van der Waals surface area contributed by atoms with Gasteiger partial charge < -0.3 is 19.0 Å². The number of hydrogen-bond acceptors (Lipinski definition) is 6. The lowest BCUT2D eigenvalue weighted by Gasteiger charge is -2.03. The van der Waals surface area contributed by atoms with Crippen molar-refractivity contribution in [1.29, 1.82) is 0 Å². The summed E-state index contributed by atoms with van der Waals surface area (Å²) in [5.41, 5.74) is 3.20. The van der Waals surface area contributed by atoms with Crippen LogP contribution in [0.5, 0.6) is 5.75 Å². The number of hydrogen-bond donors (Lipinski definition) is 1. The molecule has 7 heteroatoms. The number of nitrogens with one attached hydrogen (secondary N) is 1. The molecule has 0 radical (unpaired) electrons. The highest BCUT2D eigenvalue weighted by atomic mass is 16.5. The molecule has 2 aromatic carbocycles. The highest BCUT2D eigenvalue weighted by molar-refractivity contribution is 5.99. The number of anilines is 1. The van der Waals surface area contributed by atoms with Crippen LogP contribution in [0, 0.1) is 6.92 Å². The zero-order valence-electron chi connectivity index (χ0n) is 14.9. The van der Waals surface area contributed by atoms with Crippen LogP contribution in [0.2, 0.25) is 0 Å². The number of aryl methyl sites for hydroxylation is 1. The van der Waals surface area contributed by atoms with E-state index in [1.807, 2.05) is 36.4 Å². The van der Waals surface area contributed by atoms with Crippen molar-refractivity contribution in [2.45, 2.75) is 13.3 Å². The van der Waals surface area contributed by atoms with E-state index < -0.39 is 0 Å². The Bertz CT molecular complexity index is 1110. The van der Waals surface area contributed by atoms with Gasteiger partial charge in [-0.15, -0.1) is 0 Å². The predicted octanol–water partition coefficient (Wildman–Crippen LogP) is 3.98. The Morgan fingerprint density at radius 2 is 2.04 bits per heavy atom. The molecule has 4 rings (SSSR count). The lowest BCUT2D eigenvalue weighted by Crippen LogP contribution is -2.14. The molecule has 136 valence electrons. The van der Waals surface area contributed by atoms with Gasteiger partial charge in [0.05, 0.1) is 24.9 Å². The molecule has 1 amide bonds. The fourth-order valence-corrected chi connectivity index (χ4v) is 2.83. The van der Waals surface area contributed by atoms with Crippen LogP contribution in [-0.4, -0.2) is 23.2 Å². The molecule has 27 heavy (non-hydrogen) atoms. The van der Waals surface area contributed by atoms with Crippen molar-refractivity contribution in [3.8, 4) is 17.1 Å². The minimum absolute atomic E-state index is 0.0803. The molecule has 0 aliphatic rings. The maximum Gasteiger partial charge on any atom is 0.230 e. The van der Waals surface area contributed by atoms with Gasteiger partial charge in [-0.3, -0.25) is 4.79 Å². The van der Waals surface area contributed by atoms with E-state index in [1.54, 1.807) is 26.2 Å². The van der Waals surface area contributed by atoms with E-state index in [0.717, 1.165) is 11.3 Å². The Kier molecular flexibility index (Phi) is 4.33. The van der Waals surface area contributed by atoms with Gasteiger partial charge in [0.15, 0.2) is 17.2 Å². The quantitative estimate of drug-likeness (QED) is 0.577. The third-order valence-electron chi connectivity index (χ3n) is 4.05. The first-order valence-corrected chi connectivity index (χ1v) is 8.38. The second kappa shape index (κ2) is 6.95. The molecule has 0 fully saturated rings. The van der Waals surface area contributed by atoms with Crippen LogP contribution >= 0.6 is 0 Å². The van der Waals surface area contributed by atoms with Crippen molar-refractivity contribution in [2.24, 2.45) is 0 Å². The SMILES string of the molecule is COc1cccc(-c2cc(CC(=O)Nc3cccc4nc(C)oc34)no2)c1. The van der Waals surface area contributed by atoms with Crippen LogP contribution in [0.25, 0.3) is 22.4 Å². The van der Waals surface area contributed by atoms with Crippen molar-refractivity contribution in [2.75, 3.05) is 12.4 Å². The standard InChI is InChI=1S/C20H17N3O4/c1-12-21-16-7-4-8-17(20(16)26-12)22-19(24)11-14-10-18(27-23-14)13-5-3-6-15(9-13)25-2/h3-10H,11H2,1-2H3,(H,22,24). The maximum absolute atomic E-state index is 12.4. The van der Waals surface area contributed by atoms with Crippen LogP contribution in [0.15, 0.2) is 57.5 Å². The van der Waals surface area contributed by atoms with E-state index >= 15 is 0 Å². The molecular formula is C20H17N3O4. The molecule has 2 heterocycles. The Morgan fingerprint density at radius 3 is 2.89 bits per heavy atom. The summed E-state index contributed by atoms with van der Waals surface area (Å²) in [6.07, 6.45) is 0.0803. The van der Waals surface area contributed by atoms with Gasteiger partial charge >= 0.3 is 0 Å². The molecule has 0 atom stereocenters. The van der Waals surface area contributed by atoms with Gasteiger partial charge in [0, 0.05) is 18.6 Å². The Morgan fingerprint density at radius 1 is 1.19 bits per heavy atom. The topological polar surface area (TPSA) is 90.4 Å². The Labute approximate surface area is 154 Å². The number of ether oxygens (including phenoxy) is 1. The molecule has 0 saturated heterocycles. The van der Waals surface area contributed by atoms with E-state index in [2.05, 4.69) is 15.5 Å². The molecule has 7 nitrogen and oxygen atoms in total. The summed E-state index contributed by atoms with van der Waals surface area (Å²) >= 11 is 0. The van der Waals surface area contributed by atoms with Crippen molar-refractivity contribution >= 4 is 22.7 Å². The lowest BCUT2D eigenvalue weighted by molar-refractivity contribution is -0.115. The number of benzene rings is 2. The summed E-state index contributed by atoms with van der Waals surface area (Å²) in [6, 6.07) is 14.6. The van der Waals surface area contributed by atoms with Crippen molar-refractivity contribution in [3.63, 3.8) is 0 Å². The van der Waals surface area contributed by atoms with Gasteiger partial charge in [-0.25, -0.2) is 4.98 Å². The monoisotopic (exact) mass is 363 g/mol. The molecule has 2 aromatic heterocycles. The number of carbonyl (C=O) groups is 1. The summed E-state index contributed by atoms with van der Waals surface area (Å²) in [4.78, 5) is 16.7. The highest BCUT2D eigenvalue weighted by Gasteiger charge is 2.14. The Balaban J connectivity index is 1.49. The average molecular weight is 363 g/mol. The third kappa shape index (κ3) is 3.52. The van der Waals surface area contributed by atoms with Crippen LogP contribution in [0.3, 0.4) is 0 Å². The summed E-state index contributed by atoms with van der Waals surface area (Å²) < 4.78 is 16.1. The first kappa shape index (κ1) is 16.8. The molecular weight excluding hydrogens is 346 g/mol. The zero-order valence-corrected chi connectivity index (χ0v) is 14.9. The third-order valence-corrected chi connectivity index (χ3v) is 4.05. The number of carbonyl (C=O) groups excluding carboxylic acids is 1. The van der Waals surface area contributed by atoms with Crippen molar-refractivity contribution < 1.29 is 18.5 Å². The van der Waals surface area contributed by atoms with Crippen LogP contribution in [0.1, 0.15) is 11.6 Å². The fourth-order valence-electron chi connectivity index (χ4n) is 2.83. The van der Waals surface area contributed by atoms with Crippen molar-refractivity contribution in [3.05, 3.63) is 60.1 Å². The smallest absolute Gasteiger partial charge is 0.230 e. The molecule has 0 spiro atoms. The fraction of sp³-hybridized carbons (Fsp3) is 0.150. The molecule has 0 aliphatic heterocycles. The number of rotatable bonds is 5. The first-order valence-electron chi connectivity index (χ1n) is 8.38. The summed E-state index contributed by atoms with van der Waals surface area (Å²) in [6.45, 7) is 1.76. The van der Waals surface area contributed by atoms with Gasteiger partial charge in [-0.2, -0.15) is 0 Å². The molecule has 0 unspecified atom stereocenters. The number of aromatic nitrogens is 2. The number of fused-ring (bicyclic) bond motifs is 1. The normalized spacial score (nSPS) is 10.9. The number of amides is 1. The second-order valence-corrected chi connectivity index (χ2v) is 6.03. The van der Waals surface area contributed by atoms with Crippen LogP contribution < -0.4 is 10.1 Å². The van der Waals surface area contributed by atoms with Gasteiger partial charge in [0.2, 0.25) is 5.91 Å². The summed E-state index contributed by atoms with van der Waals surface area (Å²) in [7, 11) is 1.60. The van der Waals surface area contributed by atoms with Crippen molar-refractivity contribution in [1.82, 2.24) is 10.1 Å². The molecule has 0 aliphatic carbocycles. The molecule has 1 N–H and O–H groups in total. The van der Waals surface area contributed by atoms with E-state index in [9.17, 15) is 4.79 Å². The van der Waals surface area contributed by atoms with Gasteiger partial charge in [0.1, 0.15) is 11.3 Å². The van der Waals surface area contributed by atoms with E-state index in [-0.39, 0.29) is 12.3 Å². The van der Waals surface area contributed by atoms with Crippen LogP contribution in [0.4, 0.5) is 5.69 Å². The summed E-state index contributed by atoms with van der Waals surface area (Å²) in [5.74, 6) is 1.62. The van der Waals surface area contributed by atoms with E-state index in [1.165, 1.54) is 0 Å². The predicted molar refractivity (Wildman–Crippen MR) is 99.6 cm³/mol. The number of nitrogens with zero attached hydrogens (tertiary/aromatic N) is 2. The lowest BCUT2D eigenvalue weighted by atomic mass is 10.1. The molecule has 4 aromatic rings. The van der Waals surface area contributed by atoms with E-state index in [0.29, 0.717) is 34.1 Å². The minimum atomic E-state index is -0.220. The minimum Gasteiger partial charge on any atom is -0.497 e. The Hall–Kier alpha value is -3.61. The zero-order chi connectivity index (χ0) is 18.8. The van der Waals surface area contributed by atoms with Gasteiger partial charge in [0.25, 0.3) is 0 Å². The molecule has 0 saturated carbocycles.